The molecule has 1 aromatic carbocycles. The third-order valence-corrected chi connectivity index (χ3v) is 3.28. The number of carbonyl (C=O) groups excluding carboxylic acids is 2. The molecule has 6 nitrogen and oxygen atoms in total. The molecule has 0 spiro atoms. The zero-order valence-corrected chi connectivity index (χ0v) is 13.6. The Bertz CT molecular complexity index is 712. The Balaban J connectivity index is 1.81. The zero-order valence-electron chi connectivity index (χ0n) is 12.0. The van der Waals surface area contributed by atoms with Crippen LogP contribution in [-0.4, -0.2) is 25.7 Å². The van der Waals surface area contributed by atoms with E-state index in [0.717, 1.165) is 0 Å². The van der Waals surface area contributed by atoms with Crippen LogP contribution in [-0.2, 0) is 20.9 Å². The molecule has 0 aliphatic heterocycles. The number of hydrogen-bond acceptors (Lipinski definition) is 6. The van der Waals surface area contributed by atoms with E-state index in [-0.39, 0.29) is 19.0 Å². The van der Waals surface area contributed by atoms with Crippen LogP contribution in [0.2, 0.25) is 0 Å². The highest BCUT2D eigenvalue weighted by atomic mass is 79.9. The number of carbonyl (C=O) groups is 2. The van der Waals surface area contributed by atoms with Crippen LogP contribution < -0.4 is 4.74 Å². The van der Waals surface area contributed by atoms with Crippen LogP contribution in [0.5, 0.6) is 5.75 Å². The Labute approximate surface area is 139 Å². The minimum atomic E-state index is -0.641. The van der Waals surface area contributed by atoms with Crippen LogP contribution in [0.1, 0.15) is 16.3 Å². The van der Waals surface area contributed by atoms with Gasteiger partial charge in [0.05, 0.1) is 11.6 Å². The predicted octanol–water partition coefficient (Wildman–Crippen LogP) is 3.09. The van der Waals surface area contributed by atoms with Crippen LogP contribution in [0.3, 0.4) is 0 Å². The van der Waals surface area contributed by atoms with Gasteiger partial charge in [0.15, 0.2) is 6.61 Å². The van der Waals surface area contributed by atoms with Crippen LogP contribution in [0.4, 0.5) is 4.39 Å². The van der Waals surface area contributed by atoms with Crippen molar-refractivity contribution in [3.8, 4) is 5.75 Å². The number of methoxy groups -OCH3 is 1. The van der Waals surface area contributed by atoms with Gasteiger partial charge >= 0.3 is 11.9 Å². The topological polar surface area (TPSA) is 75.0 Å². The second-order valence-electron chi connectivity index (χ2n) is 4.28. The first-order chi connectivity index (χ1) is 11.0. The van der Waals surface area contributed by atoms with Crippen molar-refractivity contribution in [2.75, 3.05) is 13.7 Å². The largest absolute Gasteiger partial charge is 0.481 e. The van der Waals surface area contributed by atoms with Crippen molar-refractivity contribution in [2.24, 2.45) is 0 Å². The molecule has 2 aromatic rings. The lowest BCUT2D eigenvalue weighted by Gasteiger charge is -2.07. The molecule has 122 valence electrons. The van der Waals surface area contributed by atoms with Crippen LogP contribution >= 0.6 is 15.9 Å². The molecule has 0 saturated heterocycles. The molecule has 0 bridgehead atoms. The highest BCUT2D eigenvalue weighted by Crippen LogP contribution is 2.25. The molecule has 0 radical (unpaired) electrons. The molecule has 1 heterocycles. The van der Waals surface area contributed by atoms with Gasteiger partial charge in [0, 0.05) is 0 Å². The fraction of sp³-hybridized carbons (Fsp3) is 0.200. The fourth-order valence-corrected chi connectivity index (χ4v) is 2.05. The number of esters is 2. The summed E-state index contributed by atoms with van der Waals surface area (Å²) in [7, 11) is 1.23. The Hall–Kier alpha value is -2.35. The number of furan rings is 1. The number of rotatable bonds is 6. The van der Waals surface area contributed by atoms with E-state index in [1.165, 1.54) is 37.4 Å². The van der Waals surface area contributed by atoms with Gasteiger partial charge in [-0.1, -0.05) is 0 Å². The summed E-state index contributed by atoms with van der Waals surface area (Å²) in [6.45, 7) is -0.501. The maximum atomic E-state index is 12.9. The first-order valence-corrected chi connectivity index (χ1v) is 7.19. The van der Waals surface area contributed by atoms with Crippen molar-refractivity contribution in [3.05, 3.63) is 52.1 Å². The lowest BCUT2D eigenvalue weighted by molar-refractivity contribution is -0.147. The molecule has 0 atom stereocenters. The maximum absolute atomic E-state index is 12.9. The Morgan fingerprint density at radius 3 is 2.74 bits per heavy atom. The Morgan fingerprint density at radius 1 is 1.26 bits per heavy atom. The van der Waals surface area contributed by atoms with E-state index in [2.05, 4.69) is 20.7 Å². The lowest BCUT2D eigenvalue weighted by Crippen LogP contribution is -2.14. The van der Waals surface area contributed by atoms with Crippen molar-refractivity contribution in [1.82, 2.24) is 0 Å². The van der Waals surface area contributed by atoms with Gasteiger partial charge in [-0.3, -0.25) is 0 Å². The third kappa shape index (κ3) is 4.82. The third-order valence-electron chi connectivity index (χ3n) is 2.66. The zero-order chi connectivity index (χ0) is 16.8. The first kappa shape index (κ1) is 17.0. The van der Waals surface area contributed by atoms with Gasteiger partial charge in [0.1, 0.15) is 23.9 Å². The second-order valence-corrected chi connectivity index (χ2v) is 5.14. The number of hydrogen-bond donors (Lipinski definition) is 0. The summed E-state index contributed by atoms with van der Waals surface area (Å²) in [6.07, 6.45) is 0. The SMILES string of the molecule is COC(=O)c1ccc(COC(=O)COc2ccc(F)cc2Br)o1. The van der Waals surface area contributed by atoms with Crippen molar-refractivity contribution in [3.63, 3.8) is 0 Å². The fourth-order valence-electron chi connectivity index (χ4n) is 1.59. The van der Waals surface area contributed by atoms with Gasteiger partial charge in [-0.15, -0.1) is 0 Å². The van der Waals surface area contributed by atoms with Gasteiger partial charge in [0.2, 0.25) is 5.76 Å². The summed E-state index contributed by atoms with van der Waals surface area (Å²) in [5, 5.41) is 0. The molecular formula is C15H12BrFO6. The van der Waals surface area contributed by atoms with E-state index in [9.17, 15) is 14.0 Å². The standard InChI is InChI=1S/C15H12BrFO6/c1-20-15(19)13-5-3-10(23-13)7-22-14(18)8-21-12-4-2-9(17)6-11(12)16/h2-6H,7-8H2,1H3. The molecule has 2 rings (SSSR count). The van der Waals surface area contributed by atoms with Crippen molar-refractivity contribution >= 4 is 27.9 Å². The normalized spacial score (nSPS) is 10.2. The summed E-state index contributed by atoms with van der Waals surface area (Å²) < 4.78 is 33.1. The molecule has 0 unspecified atom stereocenters. The Morgan fingerprint density at radius 2 is 2.04 bits per heavy atom. The highest BCUT2D eigenvalue weighted by Gasteiger charge is 2.13. The monoisotopic (exact) mass is 386 g/mol. The van der Waals surface area contributed by atoms with E-state index >= 15 is 0 Å². The van der Waals surface area contributed by atoms with Gasteiger partial charge in [-0.2, -0.15) is 0 Å². The van der Waals surface area contributed by atoms with Crippen LogP contribution in [0.25, 0.3) is 0 Å². The number of ether oxygens (including phenoxy) is 3. The van der Waals surface area contributed by atoms with Gasteiger partial charge in [-0.25, -0.2) is 14.0 Å². The van der Waals surface area contributed by atoms with E-state index in [0.29, 0.717) is 16.0 Å². The number of halogens is 2. The molecule has 23 heavy (non-hydrogen) atoms. The smallest absolute Gasteiger partial charge is 0.373 e. The summed E-state index contributed by atoms with van der Waals surface area (Å²) in [6, 6.07) is 6.74. The molecule has 8 heteroatoms. The molecule has 1 aromatic heterocycles. The molecule has 0 amide bonds. The van der Waals surface area contributed by atoms with E-state index in [4.69, 9.17) is 13.9 Å². The molecular weight excluding hydrogens is 375 g/mol. The summed E-state index contributed by atoms with van der Waals surface area (Å²) in [4.78, 5) is 22.8. The summed E-state index contributed by atoms with van der Waals surface area (Å²) >= 11 is 3.12. The maximum Gasteiger partial charge on any atom is 0.373 e. The summed E-state index contributed by atoms with van der Waals surface area (Å²) in [5.74, 6) is -1.06. The molecule has 0 N–H and O–H groups in total. The lowest BCUT2D eigenvalue weighted by atomic mass is 10.3. The van der Waals surface area contributed by atoms with E-state index in [1.54, 1.807) is 0 Å². The average molecular weight is 387 g/mol. The minimum absolute atomic E-state index is 0.0186. The highest BCUT2D eigenvalue weighted by molar-refractivity contribution is 9.10. The molecule has 0 aliphatic carbocycles. The van der Waals surface area contributed by atoms with Crippen molar-refractivity contribution in [1.29, 1.82) is 0 Å². The van der Waals surface area contributed by atoms with Gasteiger partial charge in [-0.05, 0) is 46.3 Å². The van der Waals surface area contributed by atoms with Crippen molar-refractivity contribution < 1.29 is 32.6 Å². The molecule has 0 saturated carbocycles. The average Bonchev–Trinajstić information content (AvgIpc) is 3.00. The minimum Gasteiger partial charge on any atom is -0.481 e. The number of benzene rings is 1. The molecule has 0 aliphatic rings. The Kier molecular flexibility index (Phi) is 5.75. The van der Waals surface area contributed by atoms with Gasteiger partial charge in [0.25, 0.3) is 0 Å². The van der Waals surface area contributed by atoms with Crippen molar-refractivity contribution in [2.45, 2.75) is 6.61 Å². The van der Waals surface area contributed by atoms with Crippen LogP contribution in [0, 0.1) is 5.82 Å². The quantitative estimate of drug-likeness (QED) is 0.710. The van der Waals surface area contributed by atoms with E-state index in [1.807, 2.05) is 0 Å². The first-order valence-electron chi connectivity index (χ1n) is 6.40. The second kappa shape index (κ2) is 7.77. The van der Waals surface area contributed by atoms with Gasteiger partial charge < -0.3 is 18.6 Å². The van der Waals surface area contributed by atoms with Crippen LogP contribution in [0.15, 0.2) is 39.2 Å². The summed E-state index contributed by atoms with van der Waals surface area (Å²) in [5.41, 5.74) is 0. The molecule has 0 fully saturated rings. The predicted molar refractivity (Wildman–Crippen MR) is 79.4 cm³/mol. The van der Waals surface area contributed by atoms with E-state index < -0.39 is 17.8 Å².